The molecule has 0 fully saturated rings. The molecule has 3 aromatic heterocycles. The van der Waals surface area contributed by atoms with Gasteiger partial charge in [0.25, 0.3) is 0 Å². The summed E-state index contributed by atoms with van der Waals surface area (Å²) in [5, 5.41) is 7.42. The van der Waals surface area contributed by atoms with E-state index in [1.165, 1.54) is 76.5 Å². The number of aromatic nitrogens is 3. The van der Waals surface area contributed by atoms with Gasteiger partial charge in [-0.1, -0.05) is 115 Å². The second-order valence-corrected chi connectivity index (χ2v) is 15.0. The monoisotopic (exact) mass is 741 g/mol. The largest absolute Gasteiger partial charge is 0.457 e. The Morgan fingerprint density at radius 3 is 1.33 bits per heavy atom. The highest BCUT2D eigenvalue weighted by Gasteiger charge is 2.18. The Bertz CT molecular complexity index is 3520. The minimum atomic E-state index is 0.810. The highest BCUT2D eigenvalue weighted by Crippen LogP contribution is 2.40. The van der Waals surface area contributed by atoms with Crippen LogP contribution in [0, 0.1) is 0 Å². The van der Waals surface area contributed by atoms with Crippen LogP contribution in [-0.2, 0) is 0 Å². The summed E-state index contributed by atoms with van der Waals surface area (Å²) in [5.41, 5.74) is 12.8. The Kier molecular flexibility index (Phi) is 7.20. The molecule has 0 radical (unpaired) electrons. The molecule has 0 aliphatic rings. The molecule has 272 valence electrons. The first-order chi connectivity index (χ1) is 28.8. The van der Waals surface area contributed by atoms with Crippen LogP contribution in [0.4, 0.5) is 0 Å². The van der Waals surface area contributed by atoms with Crippen molar-refractivity contribution < 1.29 is 4.74 Å². The third kappa shape index (κ3) is 5.02. The average molecular weight is 742 g/mol. The van der Waals surface area contributed by atoms with Crippen molar-refractivity contribution in [2.24, 2.45) is 0 Å². The molecule has 0 saturated heterocycles. The van der Waals surface area contributed by atoms with Crippen molar-refractivity contribution in [2.75, 3.05) is 0 Å². The van der Waals surface area contributed by atoms with Gasteiger partial charge >= 0.3 is 0 Å². The van der Waals surface area contributed by atoms with Crippen LogP contribution in [-0.4, -0.2) is 13.7 Å². The molecule has 12 rings (SSSR count). The Morgan fingerprint density at radius 1 is 0.241 bits per heavy atom. The lowest BCUT2D eigenvalue weighted by Gasteiger charge is -2.12. The predicted molar refractivity (Wildman–Crippen MR) is 241 cm³/mol. The summed E-state index contributed by atoms with van der Waals surface area (Å²) in [7, 11) is 0. The van der Waals surface area contributed by atoms with E-state index >= 15 is 0 Å². The molecule has 0 N–H and O–H groups in total. The molecule has 0 aliphatic heterocycles. The van der Waals surface area contributed by atoms with E-state index in [0.717, 1.165) is 28.6 Å². The van der Waals surface area contributed by atoms with Gasteiger partial charge in [-0.15, -0.1) is 0 Å². The van der Waals surface area contributed by atoms with Crippen LogP contribution in [0.15, 0.2) is 212 Å². The van der Waals surface area contributed by atoms with E-state index in [-0.39, 0.29) is 0 Å². The minimum absolute atomic E-state index is 0.810. The van der Waals surface area contributed by atoms with Gasteiger partial charge in [-0.3, -0.25) is 0 Å². The second-order valence-electron chi connectivity index (χ2n) is 15.0. The lowest BCUT2D eigenvalue weighted by molar-refractivity contribution is 0.482. The standard InChI is InChI=1S/C54H35N3O/c1-3-13-38(14-4-1)56-49-20-10-7-18-44(49)47-31-27-40(35-54(47)56)57-50-21-11-8-17-43(50)46-30-23-37(34-53(46)57)36-24-32-52-48(33-36)45-19-9-12-22-51(45)55(52)39-25-28-42(29-26-39)58-41-15-5-2-6-16-41/h1-35H. The van der Waals surface area contributed by atoms with E-state index in [4.69, 9.17) is 4.74 Å². The molecule has 0 spiro atoms. The lowest BCUT2D eigenvalue weighted by atomic mass is 10.0. The summed E-state index contributed by atoms with van der Waals surface area (Å²) in [4.78, 5) is 0. The maximum atomic E-state index is 6.12. The maximum Gasteiger partial charge on any atom is 0.127 e. The number of ether oxygens (including phenoxy) is 1. The zero-order valence-electron chi connectivity index (χ0n) is 31.5. The Morgan fingerprint density at radius 2 is 0.655 bits per heavy atom. The van der Waals surface area contributed by atoms with Gasteiger partial charge in [0, 0.05) is 49.4 Å². The summed E-state index contributed by atoms with van der Waals surface area (Å²) >= 11 is 0. The van der Waals surface area contributed by atoms with Crippen LogP contribution in [0.2, 0.25) is 0 Å². The van der Waals surface area contributed by atoms with Gasteiger partial charge in [0.15, 0.2) is 0 Å². The van der Waals surface area contributed by atoms with Gasteiger partial charge in [0.1, 0.15) is 11.5 Å². The van der Waals surface area contributed by atoms with Crippen molar-refractivity contribution >= 4 is 65.4 Å². The van der Waals surface area contributed by atoms with Crippen LogP contribution >= 0.6 is 0 Å². The van der Waals surface area contributed by atoms with E-state index in [2.05, 4.69) is 184 Å². The fraction of sp³-hybridized carbons (Fsp3) is 0. The second kappa shape index (κ2) is 12.9. The van der Waals surface area contributed by atoms with Crippen molar-refractivity contribution in [1.82, 2.24) is 13.7 Å². The molecule has 0 bridgehead atoms. The Labute approximate surface area is 334 Å². The smallest absolute Gasteiger partial charge is 0.127 e. The summed E-state index contributed by atoms with van der Waals surface area (Å²) in [6.45, 7) is 0. The molecular weight excluding hydrogens is 707 g/mol. The van der Waals surface area contributed by atoms with Crippen molar-refractivity contribution in [3.05, 3.63) is 212 Å². The first-order valence-corrected chi connectivity index (χ1v) is 19.8. The number of para-hydroxylation sites is 5. The van der Waals surface area contributed by atoms with Gasteiger partial charge < -0.3 is 18.4 Å². The Balaban J connectivity index is 1.01. The molecular formula is C54H35N3O. The number of fused-ring (bicyclic) bond motifs is 9. The number of hydrogen-bond donors (Lipinski definition) is 0. The van der Waals surface area contributed by atoms with Crippen LogP contribution in [0.1, 0.15) is 0 Å². The zero-order valence-corrected chi connectivity index (χ0v) is 31.5. The molecule has 0 aliphatic carbocycles. The van der Waals surface area contributed by atoms with Crippen LogP contribution in [0.3, 0.4) is 0 Å². The first-order valence-electron chi connectivity index (χ1n) is 19.8. The van der Waals surface area contributed by atoms with Gasteiger partial charge in [0.05, 0.1) is 33.1 Å². The topological polar surface area (TPSA) is 24.0 Å². The van der Waals surface area contributed by atoms with E-state index in [1.807, 2.05) is 42.5 Å². The SMILES string of the molecule is c1ccc(Oc2ccc(-n3c4ccccc4c4cc(-c5ccc6c7ccccc7n(-c7ccc8c9ccccc9n(-c9ccccc9)c8c7)c6c5)ccc43)cc2)cc1. The lowest BCUT2D eigenvalue weighted by Crippen LogP contribution is -1.97. The van der Waals surface area contributed by atoms with E-state index < -0.39 is 0 Å². The highest BCUT2D eigenvalue weighted by atomic mass is 16.5. The number of hydrogen-bond acceptors (Lipinski definition) is 1. The van der Waals surface area contributed by atoms with Crippen LogP contribution in [0.25, 0.3) is 93.6 Å². The molecule has 58 heavy (non-hydrogen) atoms. The quantitative estimate of drug-likeness (QED) is 0.166. The Hall–Kier alpha value is -7.82. The summed E-state index contributed by atoms with van der Waals surface area (Å²) in [6, 6.07) is 76.0. The molecule has 9 aromatic carbocycles. The van der Waals surface area contributed by atoms with Crippen molar-refractivity contribution in [3.63, 3.8) is 0 Å². The van der Waals surface area contributed by atoms with E-state index in [1.54, 1.807) is 0 Å². The molecule has 4 nitrogen and oxygen atoms in total. The molecule has 3 heterocycles. The fourth-order valence-electron chi connectivity index (χ4n) is 9.10. The molecule has 0 unspecified atom stereocenters. The van der Waals surface area contributed by atoms with Crippen molar-refractivity contribution in [1.29, 1.82) is 0 Å². The molecule has 0 saturated carbocycles. The van der Waals surface area contributed by atoms with Gasteiger partial charge in [0.2, 0.25) is 0 Å². The van der Waals surface area contributed by atoms with Gasteiger partial charge in [-0.25, -0.2) is 0 Å². The maximum absolute atomic E-state index is 6.12. The van der Waals surface area contributed by atoms with E-state index in [9.17, 15) is 0 Å². The summed E-state index contributed by atoms with van der Waals surface area (Å²) < 4.78 is 13.3. The zero-order chi connectivity index (χ0) is 38.2. The third-order valence-corrected chi connectivity index (χ3v) is 11.7. The molecule has 0 atom stereocenters. The highest BCUT2D eigenvalue weighted by molar-refractivity contribution is 6.14. The van der Waals surface area contributed by atoms with Crippen molar-refractivity contribution in [3.8, 4) is 39.7 Å². The van der Waals surface area contributed by atoms with E-state index in [0.29, 0.717) is 0 Å². The average Bonchev–Trinajstić information content (AvgIpc) is 3.92. The normalized spacial score (nSPS) is 11.8. The summed E-state index contributed by atoms with van der Waals surface area (Å²) in [5.74, 6) is 1.63. The van der Waals surface area contributed by atoms with Gasteiger partial charge in [-0.2, -0.15) is 0 Å². The number of benzene rings is 9. The summed E-state index contributed by atoms with van der Waals surface area (Å²) in [6.07, 6.45) is 0. The first kappa shape index (κ1) is 32.4. The fourth-order valence-corrected chi connectivity index (χ4v) is 9.10. The molecule has 12 aromatic rings. The van der Waals surface area contributed by atoms with Crippen LogP contribution in [0.5, 0.6) is 11.5 Å². The van der Waals surface area contributed by atoms with Crippen LogP contribution < -0.4 is 4.74 Å². The molecule has 0 amide bonds. The number of rotatable bonds is 6. The van der Waals surface area contributed by atoms with Crippen molar-refractivity contribution in [2.45, 2.75) is 0 Å². The number of nitrogens with zero attached hydrogens (tertiary/aromatic N) is 3. The minimum Gasteiger partial charge on any atom is -0.457 e. The molecule has 4 heteroatoms. The van der Waals surface area contributed by atoms with Gasteiger partial charge in [-0.05, 0) is 108 Å². The predicted octanol–water partition coefficient (Wildman–Crippen LogP) is 14.4. The third-order valence-electron chi connectivity index (χ3n) is 11.7.